The molecule has 5 aromatic rings. The highest BCUT2D eigenvalue weighted by molar-refractivity contribution is 6.08. The largest absolute Gasteiger partial charge is 0.497 e. The minimum atomic E-state index is -4.80. The highest BCUT2D eigenvalue weighted by Gasteiger charge is 2.36. The standard InChI is InChI=1S/C26H18F6N6O2/c1-40-19-7-5-16(6-8-19)21-10-22(26(30,31)32)38-23(36-21)20(12-34-38)24(39)35-18-11-33-37(14-18)13-15-3-2-4-17(9-15)25(27,28)29/h2-12,14H,13H2,1H3,(H,35,39). The first kappa shape index (κ1) is 26.7. The molecule has 0 atom stereocenters. The zero-order chi connectivity index (χ0) is 28.7. The van der Waals surface area contributed by atoms with E-state index in [0.29, 0.717) is 21.4 Å². The minimum Gasteiger partial charge on any atom is -0.497 e. The number of anilines is 1. The summed E-state index contributed by atoms with van der Waals surface area (Å²) < 4.78 is 87.5. The number of hydrogen-bond donors (Lipinski definition) is 1. The average molecular weight is 560 g/mol. The number of carbonyl (C=O) groups excluding carboxylic acids is 1. The van der Waals surface area contributed by atoms with Crippen molar-refractivity contribution in [3.8, 4) is 17.0 Å². The second-order valence-corrected chi connectivity index (χ2v) is 8.63. The molecule has 1 N–H and O–H groups in total. The molecule has 0 aliphatic heterocycles. The first-order chi connectivity index (χ1) is 18.9. The number of nitrogens with one attached hydrogen (secondary N) is 1. The van der Waals surface area contributed by atoms with E-state index in [1.807, 2.05) is 0 Å². The van der Waals surface area contributed by atoms with Crippen molar-refractivity contribution >= 4 is 17.2 Å². The molecule has 3 heterocycles. The van der Waals surface area contributed by atoms with E-state index in [1.54, 1.807) is 12.1 Å². The molecule has 5 rings (SSSR count). The quantitative estimate of drug-likeness (QED) is 0.260. The average Bonchev–Trinajstić information content (AvgIpc) is 3.54. The summed E-state index contributed by atoms with van der Waals surface area (Å²) in [6.45, 7) is -0.0156. The van der Waals surface area contributed by atoms with Crippen LogP contribution in [0.15, 0.2) is 73.2 Å². The molecule has 40 heavy (non-hydrogen) atoms. The number of benzene rings is 2. The number of aromatic nitrogens is 5. The number of halogens is 6. The van der Waals surface area contributed by atoms with E-state index in [4.69, 9.17) is 4.74 Å². The summed E-state index contributed by atoms with van der Waals surface area (Å²) in [5, 5.41) is 10.3. The van der Waals surface area contributed by atoms with Crippen LogP contribution in [-0.2, 0) is 18.9 Å². The molecule has 0 saturated heterocycles. The van der Waals surface area contributed by atoms with Crippen LogP contribution in [0, 0.1) is 0 Å². The van der Waals surface area contributed by atoms with Gasteiger partial charge in [0.15, 0.2) is 11.3 Å². The Kier molecular flexibility index (Phi) is 6.69. The van der Waals surface area contributed by atoms with E-state index in [2.05, 4.69) is 20.5 Å². The van der Waals surface area contributed by atoms with Crippen molar-refractivity contribution in [2.75, 3.05) is 12.4 Å². The van der Waals surface area contributed by atoms with Crippen molar-refractivity contribution in [2.45, 2.75) is 18.9 Å². The fourth-order valence-corrected chi connectivity index (χ4v) is 3.98. The van der Waals surface area contributed by atoms with Crippen LogP contribution < -0.4 is 10.1 Å². The van der Waals surface area contributed by atoms with Gasteiger partial charge in [-0.15, -0.1) is 0 Å². The van der Waals surface area contributed by atoms with Gasteiger partial charge in [0.05, 0.1) is 43.0 Å². The van der Waals surface area contributed by atoms with Gasteiger partial charge in [-0.1, -0.05) is 12.1 Å². The van der Waals surface area contributed by atoms with E-state index >= 15 is 0 Å². The zero-order valence-corrected chi connectivity index (χ0v) is 20.5. The number of ether oxygens (including phenoxy) is 1. The monoisotopic (exact) mass is 560 g/mol. The third kappa shape index (κ3) is 5.46. The summed E-state index contributed by atoms with van der Waals surface area (Å²) in [4.78, 5) is 17.3. The molecule has 0 unspecified atom stereocenters. The van der Waals surface area contributed by atoms with E-state index in [1.165, 1.54) is 48.5 Å². The smallest absolute Gasteiger partial charge is 0.433 e. The summed E-state index contributed by atoms with van der Waals surface area (Å²) in [5.41, 5.74) is -1.68. The number of rotatable bonds is 6. The maximum atomic E-state index is 13.9. The summed E-state index contributed by atoms with van der Waals surface area (Å²) in [5.74, 6) is -0.306. The number of hydrogen-bond acceptors (Lipinski definition) is 5. The van der Waals surface area contributed by atoms with E-state index in [9.17, 15) is 31.1 Å². The Morgan fingerprint density at radius 3 is 2.38 bits per heavy atom. The SMILES string of the molecule is COc1ccc(-c2cc(C(F)(F)F)n3ncc(C(=O)Nc4cnn(Cc5cccc(C(F)(F)F)c5)c4)c3n2)cc1. The van der Waals surface area contributed by atoms with E-state index in [0.717, 1.165) is 24.4 Å². The number of carbonyl (C=O) groups is 1. The van der Waals surface area contributed by atoms with Crippen molar-refractivity contribution in [1.29, 1.82) is 0 Å². The van der Waals surface area contributed by atoms with Gasteiger partial charge in [0.1, 0.15) is 11.3 Å². The van der Waals surface area contributed by atoms with Crippen LogP contribution in [0.4, 0.5) is 32.0 Å². The van der Waals surface area contributed by atoms with E-state index in [-0.39, 0.29) is 29.1 Å². The summed E-state index contributed by atoms with van der Waals surface area (Å²) in [7, 11) is 1.45. The lowest BCUT2D eigenvalue weighted by Gasteiger charge is -2.12. The number of nitrogens with zero attached hydrogens (tertiary/aromatic N) is 5. The van der Waals surface area contributed by atoms with Gasteiger partial charge < -0.3 is 10.1 Å². The van der Waals surface area contributed by atoms with Gasteiger partial charge in [-0.3, -0.25) is 9.48 Å². The molecule has 2 aromatic carbocycles. The lowest BCUT2D eigenvalue weighted by molar-refractivity contribution is -0.142. The molecule has 0 saturated carbocycles. The van der Waals surface area contributed by atoms with Crippen LogP contribution in [0.3, 0.4) is 0 Å². The van der Waals surface area contributed by atoms with Crippen LogP contribution in [-0.4, -0.2) is 37.4 Å². The van der Waals surface area contributed by atoms with Gasteiger partial charge in [-0.2, -0.15) is 36.5 Å². The molecule has 0 fully saturated rings. The van der Waals surface area contributed by atoms with Crippen LogP contribution >= 0.6 is 0 Å². The van der Waals surface area contributed by atoms with Crippen molar-refractivity contribution in [2.24, 2.45) is 0 Å². The van der Waals surface area contributed by atoms with Crippen LogP contribution in [0.5, 0.6) is 5.75 Å². The highest BCUT2D eigenvalue weighted by atomic mass is 19.4. The Hall–Kier alpha value is -4.88. The Bertz CT molecular complexity index is 1690. The van der Waals surface area contributed by atoms with Crippen LogP contribution in [0.1, 0.15) is 27.2 Å². The van der Waals surface area contributed by atoms with Crippen LogP contribution in [0.2, 0.25) is 0 Å². The number of amides is 1. The van der Waals surface area contributed by atoms with Gasteiger partial charge in [0, 0.05) is 11.8 Å². The molecule has 206 valence electrons. The van der Waals surface area contributed by atoms with E-state index < -0.39 is 29.5 Å². The summed E-state index contributed by atoms with van der Waals surface area (Å²) in [6, 6.07) is 11.7. The maximum Gasteiger partial charge on any atom is 0.433 e. The zero-order valence-electron chi connectivity index (χ0n) is 20.5. The molecular formula is C26H18F6N6O2. The van der Waals surface area contributed by atoms with Crippen molar-refractivity contribution in [3.63, 3.8) is 0 Å². The third-order valence-corrected chi connectivity index (χ3v) is 5.88. The third-order valence-electron chi connectivity index (χ3n) is 5.88. The van der Waals surface area contributed by atoms with Gasteiger partial charge >= 0.3 is 12.4 Å². The minimum absolute atomic E-state index is 0.0156. The molecule has 0 aliphatic rings. The molecule has 14 heteroatoms. The predicted molar refractivity (Wildman–Crippen MR) is 131 cm³/mol. The molecule has 8 nitrogen and oxygen atoms in total. The Morgan fingerprint density at radius 2 is 1.70 bits per heavy atom. The maximum absolute atomic E-state index is 13.9. The first-order valence-electron chi connectivity index (χ1n) is 11.5. The molecular weight excluding hydrogens is 542 g/mol. The predicted octanol–water partition coefficient (Wildman–Crippen LogP) is 5.94. The van der Waals surface area contributed by atoms with Crippen molar-refractivity contribution < 1.29 is 35.9 Å². The number of methoxy groups -OCH3 is 1. The first-order valence-corrected chi connectivity index (χ1v) is 11.5. The fourth-order valence-electron chi connectivity index (χ4n) is 3.98. The molecule has 1 amide bonds. The lowest BCUT2D eigenvalue weighted by atomic mass is 10.1. The lowest BCUT2D eigenvalue weighted by Crippen LogP contribution is -2.15. The Morgan fingerprint density at radius 1 is 0.950 bits per heavy atom. The normalized spacial score (nSPS) is 12.1. The Labute approximate surface area is 221 Å². The fraction of sp³-hybridized carbons (Fsp3) is 0.154. The van der Waals surface area contributed by atoms with Gasteiger partial charge in [-0.05, 0) is 48.0 Å². The molecule has 3 aromatic heterocycles. The molecule has 0 aliphatic carbocycles. The highest BCUT2D eigenvalue weighted by Crippen LogP contribution is 2.33. The van der Waals surface area contributed by atoms with Gasteiger partial charge in [0.25, 0.3) is 5.91 Å². The number of alkyl halides is 6. The molecule has 0 spiro atoms. The molecule has 0 radical (unpaired) electrons. The second-order valence-electron chi connectivity index (χ2n) is 8.63. The van der Waals surface area contributed by atoms with Gasteiger partial charge in [-0.25, -0.2) is 9.50 Å². The van der Waals surface area contributed by atoms with Gasteiger partial charge in [0.2, 0.25) is 0 Å². The van der Waals surface area contributed by atoms with Crippen molar-refractivity contribution in [3.05, 3.63) is 95.6 Å². The molecule has 0 bridgehead atoms. The topological polar surface area (TPSA) is 86.3 Å². The number of fused-ring (bicyclic) bond motifs is 1. The summed E-state index contributed by atoms with van der Waals surface area (Å²) in [6.07, 6.45) is -5.69. The van der Waals surface area contributed by atoms with Crippen LogP contribution in [0.25, 0.3) is 16.9 Å². The Balaban J connectivity index is 1.42. The second kappa shape index (κ2) is 10.0. The van der Waals surface area contributed by atoms with Crippen molar-refractivity contribution in [1.82, 2.24) is 24.4 Å². The summed E-state index contributed by atoms with van der Waals surface area (Å²) >= 11 is 0.